The van der Waals surface area contributed by atoms with Crippen LogP contribution in [0.5, 0.6) is 17.2 Å². The number of halogens is 2. The van der Waals surface area contributed by atoms with Crippen LogP contribution in [0.15, 0.2) is 180 Å². The third-order valence-corrected chi connectivity index (χ3v) is 26.7. The topological polar surface area (TPSA) is 127 Å². The number of aliphatic hydroxyl groups excluding tert-OH is 3. The summed E-state index contributed by atoms with van der Waals surface area (Å²) in [6.07, 6.45) is 16.1. The number of rotatable bonds is 18. The minimum absolute atomic E-state index is 0. The van der Waals surface area contributed by atoms with Gasteiger partial charge in [0.25, 0.3) is 0 Å². The fourth-order valence-electron chi connectivity index (χ4n) is 20.2. The number of hydrogen-bond donors (Lipinski definition) is 3. The van der Waals surface area contributed by atoms with E-state index in [4.69, 9.17) is 14.2 Å². The third kappa shape index (κ3) is 18.4. The molecule has 3 aromatic heterocycles. The van der Waals surface area contributed by atoms with Crippen LogP contribution in [-0.4, -0.2) is 122 Å². The number of benzene rings is 6. The van der Waals surface area contributed by atoms with Gasteiger partial charge in [0.15, 0.2) is 0 Å². The van der Waals surface area contributed by atoms with Crippen LogP contribution in [0.25, 0.3) is 32.7 Å². The maximum atomic E-state index is 12.2. The van der Waals surface area contributed by atoms with Crippen LogP contribution in [-0.2, 0) is 129 Å². The van der Waals surface area contributed by atoms with E-state index in [1.54, 1.807) is 21.3 Å². The number of fused-ring (bicyclic) bond motifs is 12. The molecule has 0 aliphatic carbocycles. The maximum Gasteiger partial charge on any atom is 0.131 e. The molecule has 0 amide bonds. The fourth-order valence-corrected chi connectivity index (χ4v) is 21.6. The van der Waals surface area contributed by atoms with E-state index in [-0.39, 0.29) is 127 Å². The van der Waals surface area contributed by atoms with Crippen LogP contribution < -0.4 is 14.2 Å². The first kappa shape index (κ1) is 86.9. The summed E-state index contributed by atoms with van der Waals surface area (Å²) >= 11 is 7.31. The van der Waals surface area contributed by atoms with Crippen molar-refractivity contribution in [1.82, 2.24) is 15.0 Å². The van der Waals surface area contributed by atoms with E-state index in [1.807, 2.05) is 91.4 Å². The second-order valence-electron chi connectivity index (χ2n) is 34.2. The van der Waals surface area contributed by atoms with Crippen LogP contribution in [0, 0.1) is 49.4 Å². The van der Waals surface area contributed by atoms with E-state index in [0.717, 1.165) is 173 Å². The largest absolute Gasteiger partial charge is 0.497 e. The number of piperidine rings is 9. The summed E-state index contributed by atoms with van der Waals surface area (Å²) in [6, 6.07) is 44.9. The predicted molar refractivity (Wildman–Crippen MR) is 433 cm³/mol. The standard InChI is InChI=1S/C35H49N2O2.C29H35N2O2.C27H29Br2N2O2.3Y/c1-9-24-22-37(21-23-16-26(34(2,3)4)19-27(17-23)35(5,6)7)15-13-25(24)18-32(37)33(38)29-12-14-36-31-11-10-28(39-8)20-30(29)31;1-5-22-18-31(17-21-13-19(2)12-20(3)14-21)11-9-23(22)15-28(31)29(32)25-8-10-30-27-7-6-24(33-4)16-26(25)27;1-3-18-16-31(15-17-10-20(28)13-21(29)11-17)9-7-19(18)12-26(31)27(32)23-6-8-30-25-5-4-22(33-2)14-24(23)25;;;/h10-12,14,16-17,19-20,24-25,32-33,38H,9,13,15,18,21-22H2,1-8H3;5-8,10,12-14,16,22-23,28-29,32H,1,9,11,15,17-18H2,2-4H3;3-6,8,10-11,13-14,18-19,26-27,32H,1,7,9,12,15-16H2,2H3;;;/q3*+1;;;/t24?,25?,32-,33+,37?;22?,23?,28-,29+,31?;18?,19?,26-,27+,31?;;;/m111.../s1. The van der Waals surface area contributed by atoms with E-state index >= 15 is 0 Å². The Hall–Kier alpha value is -3.54. The van der Waals surface area contributed by atoms with Gasteiger partial charge in [-0.25, -0.2) is 0 Å². The van der Waals surface area contributed by atoms with Crippen molar-refractivity contribution in [3.8, 4) is 17.2 Å². The predicted octanol–water partition coefficient (Wildman–Crippen LogP) is 19.6. The Morgan fingerprint density at radius 1 is 0.463 bits per heavy atom. The van der Waals surface area contributed by atoms with Gasteiger partial charge in [-0.15, -0.1) is 13.2 Å². The molecule has 6 bridgehead atoms. The Morgan fingerprint density at radius 2 is 0.806 bits per heavy atom. The molecule has 6 aromatic carbocycles. The van der Waals surface area contributed by atoms with E-state index in [9.17, 15) is 15.3 Å². The summed E-state index contributed by atoms with van der Waals surface area (Å²) in [6.45, 7) is 38.3. The van der Waals surface area contributed by atoms with Gasteiger partial charge in [0.1, 0.15) is 73.3 Å². The SMILES string of the molecule is C=CC1C[N+]2(Cc3cc(Br)cc(Br)c3)CCC1C[C@@H]2[C@@H](O)c1ccnc2ccc(OC)cc12.C=CC1C[N+]2(Cc3cc(C)cc(C)c3)CCC1C[C@@H]2[C@@H](O)c1ccnc2ccc(OC)cc12.CCC1C[N+]2(Cc3cc(C(C)(C)C)cc(C(C)(C)C)c3)CCC1C[C@@H]2[C@@H](O)c1ccnc2ccc(OC)cc12.[Y].[Y].[Y]. The molecule has 17 heteroatoms. The van der Waals surface area contributed by atoms with E-state index in [1.165, 1.54) is 64.6 Å². The number of nitrogens with zero attached hydrogens (tertiary/aromatic N) is 6. The van der Waals surface area contributed by atoms with Gasteiger partial charge in [-0.3, -0.25) is 15.0 Å². The summed E-state index contributed by atoms with van der Waals surface area (Å²) < 4.78 is 21.4. The van der Waals surface area contributed by atoms with Crippen molar-refractivity contribution in [2.45, 2.75) is 174 Å². The van der Waals surface area contributed by atoms with Crippen molar-refractivity contribution in [3.63, 3.8) is 0 Å². The first-order valence-corrected chi connectivity index (χ1v) is 40.1. The molecular weight excluding hydrogens is 1700 g/mol. The number of aromatic nitrogens is 3. The number of aliphatic hydroxyl groups is 3. The quantitative estimate of drug-likeness (QED) is 0.0568. The molecule has 3 N–H and O–H groups in total. The first-order valence-electron chi connectivity index (χ1n) is 38.5. The molecule has 0 spiro atoms. The van der Waals surface area contributed by atoms with E-state index < -0.39 is 18.3 Å². The van der Waals surface area contributed by atoms with E-state index in [2.05, 4.69) is 189 Å². The molecule has 9 saturated heterocycles. The molecule has 18 rings (SSSR count). The van der Waals surface area contributed by atoms with Crippen molar-refractivity contribution in [2.24, 2.45) is 35.5 Å². The zero-order valence-electron chi connectivity index (χ0n) is 65.9. The Kier molecular flexibility index (Phi) is 29.0. The van der Waals surface area contributed by atoms with Crippen LogP contribution in [0.2, 0.25) is 0 Å². The molecule has 9 aromatic rings. The molecule has 15 atom stereocenters. The maximum absolute atomic E-state index is 12.2. The fraction of sp³-hybridized carbons (Fsp3) is 0.462. The Bertz CT molecular complexity index is 4410. The van der Waals surface area contributed by atoms with Gasteiger partial charge in [0.05, 0.1) is 77.1 Å². The van der Waals surface area contributed by atoms with Gasteiger partial charge in [-0.2, -0.15) is 0 Å². The van der Waals surface area contributed by atoms with Crippen molar-refractivity contribution in [2.75, 3.05) is 60.6 Å². The molecule has 563 valence electrons. The van der Waals surface area contributed by atoms with Gasteiger partial charge in [-0.1, -0.05) is 128 Å². The normalized spacial score (nSPS) is 26.2. The molecule has 9 aliphatic rings. The number of aryl methyl sites for hydroxylation is 2. The van der Waals surface area contributed by atoms with E-state index in [0.29, 0.717) is 29.6 Å². The average molecular weight is 1810 g/mol. The average Bonchev–Trinajstić information content (AvgIpc) is 0.741. The van der Waals surface area contributed by atoms with Gasteiger partial charge >= 0.3 is 0 Å². The molecule has 0 saturated carbocycles. The minimum Gasteiger partial charge on any atom is -0.497 e. The molecular formula is C91H113Br2N6O6Y3+3. The zero-order valence-corrected chi connectivity index (χ0v) is 77.6. The molecule has 9 aliphatic heterocycles. The Balaban J connectivity index is 0.000000171. The van der Waals surface area contributed by atoms with Crippen LogP contribution in [0.3, 0.4) is 0 Å². The molecule has 12 nitrogen and oxygen atoms in total. The Morgan fingerprint density at radius 3 is 1.16 bits per heavy atom. The summed E-state index contributed by atoms with van der Waals surface area (Å²) in [4.78, 5) is 13.7. The van der Waals surface area contributed by atoms with Gasteiger partial charge in [0, 0.05) is 215 Å². The van der Waals surface area contributed by atoms with Crippen LogP contribution in [0.4, 0.5) is 0 Å². The van der Waals surface area contributed by atoms with Crippen LogP contribution in [0.1, 0.15) is 167 Å². The molecule has 9 unspecified atom stereocenters. The van der Waals surface area contributed by atoms with Crippen molar-refractivity contribution in [1.29, 1.82) is 0 Å². The first-order chi connectivity index (χ1) is 50.2. The number of ether oxygens (including phenoxy) is 3. The van der Waals surface area contributed by atoms with Crippen molar-refractivity contribution >= 4 is 64.6 Å². The third-order valence-electron chi connectivity index (χ3n) is 25.8. The second-order valence-corrected chi connectivity index (χ2v) is 36.1. The summed E-state index contributed by atoms with van der Waals surface area (Å²) in [7, 11) is 5.05. The van der Waals surface area contributed by atoms with Gasteiger partial charge in [0.2, 0.25) is 0 Å². The molecule has 9 fully saturated rings. The zero-order chi connectivity index (χ0) is 74.5. The number of methoxy groups -OCH3 is 3. The smallest absolute Gasteiger partial charge is 0.131 e. The van der Waals surface area contributed by atoms with Gasteiger partial charge < -0.3 is 43.0 Å². The summed E-state index contributed by atoms with van der Waals surface area (Å²) in [5, 5.41) is 39.0. The number of hydrogen-bond acceptors (Lipinski definition) is 9. The monoisotopic (exact) mass is 1810 g/mol. The van der Waals surface area contributed by atoms with Crippen molar-refractivity contribution in [3.05, 3.63) is 236 Å². The Labute approximate surface area is 735 Å². The number of quaternary nitrogens is 3. The summed E-state index contributed by atoms with van der Waals surface area (Å²) in [5.74, 6) is 5.99. The molecule has 12 heterocycles. The minimum atomic E-state index is -0.577. The second kappa shape index (κ2) is 36.1. The van der Waals surface area contributed by atoms with Gasteiger partial charge in [-0.05, 0) is 180 Å². The number of pyridine rings is 3. The van der Waals surface area contributed by atoms with Crippen molar-refractivity contribution < 1.29 is 141 Å². The molecule has 108 heavy (non-hydrogen) atoms. The summed E-state index contributed by atoms with van der Waals surface area (Å²) in [5.41, 5.74) is 15.3. The molecule has 3 radical (unpaired) electrons. The van der Waals surface area contributed by atoms with Crippen LogP contribution >= 0.6 is 31.9 Å².